The van der Waals surface area contributed by atoms with Crippen molar-refractivity contribution in [3.63, 3.8) is 0 Å². The molecule has 0 aliphatic heterocycles. The van der Waals surface area contributed by atoms with E-state index in [2.05, 4.69) is 10.2 Å². The fourth-order valence-electron chi connectivity index (χ4n) is 1.24. The number of hydrogen-bond donors (Lipinski definition) is 1. The minimum Gasteiger partial charge on any atom is -0.480 e. The molecule has 1 aromatic heterocycles. The first-order chi connectivity index (χ1) is 6.31. The molecule has 0 bridgehead atoms. The van der Waals surface area contributed by atoms with E-state index in [0.717, 1.165) is 0 Å². The molecule has 0 amide bonds. The Morgan fingerprint density at radius 3 is 3.00 bits per heavy atom. The van der Waals surface area contributed by atoms with Crippen LogP contribution in [-0.2, 0) is 4.74 Å². The highest BCUT2D eigenvalue weighted by atomic mass is 16.5. The first-order valence-electron chi connectivity index (χ1n) is 4.27. The first-order valence-corrected chi connectivity index (χ1v) is 4.27. The lowest BCUT2D eigenvalue weighted by molar-refractivity contribution is 0.399. The Balaban J connectivity index is 2.26. The average molecular weight is 177 g/mol. The molecule has 1 fully saturated rings. The van der Waals surface area contributed by atoms with Crippen molar-refractivity contribution in [1.29, 1.82) is 5.41 Å². The third-order valence-corrected chi connectivity index (χ3v) is 2.16. The van der Waals surface area contributed by atoms with Crippen LogP contribution in [-0.4, -0.2) is 23.2 Å². The smallest absolute Gasteiger partial charge is 0.234 e. The molecule has 0 spiro atoms. The Morgan fingerprint density at radius 1 is 1.62 bits per heavy atom. The SMILES string of the molecule is COC(=N)c1cc(C2CC2)cnn1. The van der Waals surface area contributed by atoms with Crippen LogP contribution in [0.2, 0.25) is 0 Å². The van der Waals surface area contributed by atoms with E-state index in [1.165, 1.54) is 25.5 Å². The van der Waals surface area contributed by atoms with Crippen LogP contribution in [0, 0.1) is 5.41 Å². The number of methoxy groups -OCH3 is 1. The topological polar surface area (TPSA) is 58.9 Å². The lowest BCUT2D eigenvalue weighted by Gasteiger charge is -2.01. The van der Waals surface area contributed by atoms with E-state index in [-0.39, 0.29) is 5.90 Å². The van der Waals surface area contributed by atoms with Gasteiger partial charge in [0.1, 0.15) is 5.69 Å². The van der Waals surface area contributed by atoms with Crippen molar-refractivity contribution in [2.45, 2.75) is 18.8 Å². The maximum absolute atomic E-state index is 7.41. The molecule has 0 saturated heterocycles. The van der Waals surface area contributed by atoms with E-state index in [4.69, 9.17) is 10.1 Å². The van der Waals surface area contributed by atoms with Crippen molar-refractivity contribution in [3.05, 3.63) is 23.5 Å². The standard InChI is InChI=1S/C9H11N3O/c1-13-9(10)8-4-7(5-11-12-8)6-2-3-6/h4-6,10H,2-3H2,1H3. The van der Waals surface area contributed by atoms with Gasteiger partial charge in [0.25, 0.3) is 0 Å². The molecule has 4 heteroatoms. The second kappa shape index (κ2) is 3.12. The monoisotopic (exact) mass is 177 g/mol. The summed E-state index contributed by atoms with van der Waals surface area (Å²) in [6.07, 6.45) is 4.22. The zero-order valence-electron chi connectivity index (χ0n) is 7.45. The van der Waals surface area contributed by atoms with Crippen molar-refractivity contribution >= 4 is 5.90 Å². The second-order valence-electron chi connectivity index (χ2n) is 3.18. The molecule has 0 atom stereocenters. The van der Waals surface area contributed by atoms with Crippen LogP contribution in [0.25, 0.3) is 0 Å². The van der Waals surface area contributed by atoms with Gasteiger partial charge in [0.05, 0.1) is 13.3 Å². The molecule has 68 valence electrons. The quantitative estimate of drug-likeness (QED) is 0.547. The van der Waals surface area contributed by atoms with E-state index < -0.39 is 0 Å². The molecule has 0 unspecified atom stereocenters. The maximum atomic E-state index is 7.41. The summed E-state index contributed by atoms with van der Waals surface area (Å²) >= 11 is 0. The van der Waals surface area contributed by atoms with Crippen LogP contribution >= 0.6 is 0 Å². The van der Waals surface area contributed by atoms with Gasteiger partial charge in [0, 0.05) is 0 Å². The minimum atomic E-state index is 0.0787. The van der Waals surface area contributed by atoms with E-state index in [1.54, 1.807) is 6.20 Å². The van der Waals surface area contributed by atoms with Crippen molar-refractivity contribution in [3.8, 4) is 0 Å². The average Bonchev–Trinajstić information content (AvgIpc) is 3.00. The number of ether oxygens (including phenoxy) is 1. The van der Waals surface area contributed by atoms with E-state index >= 15 is 0 Å². The molecule has 0 radical (unpaired) electrons. The highest BCUT2D eigenvalue weighted by molar-refractivity contribution is 5.89. The number of aromatic nitrogens is 2. The van der Waals surface area contributed by atoms with Crippen molar-refractivity contribution < 1.29 is 4.74 Å². The Morgan fingerprint density at radius 2 is 2.38 bits per heavy atom. The molecule has 1 saturated carbocycles. The van der Waals surface area contributed by atoms with Gasteiger partial charge in [-0.15, -0.1) is 5.10 Å². The molecule has 13 heavy (non-hydrogen) atoms. The molecular weight excluding hydrogens is 166 g/mol. The van der Waals surface area contributed by atoms with Crippen molar-refractivity contribution in [1.82, 2.24) is 10.2 Å². The molecule has 1 aliphatic carbocycles. The highest BCUT2D eigenvalue weighted by Gasteiger charge is 2.24. The van der Waals surface area contributed by atoms with Gasteiger partial charge >= 0.3 is 0 Å². The lowest BCUT2D eigenvalue weighted by Crippen LogP contribution is -2.06. The summed E-state index contributed by atoms with van der Waals surface area (Å²) in [7, 11) is 1.47. The third-order valence-electron chi connectivity index (χ3n) is 2.16. The van der Waals surface area contributed by atoms with Gasteiger partial charge in [-0.1, -0.05) is 0 Å². The molecule has 1 aliphatic rings. The van der Waals surface area contributed by atoms with Crippen LogP contribution in [0.1, 0.15) is 30.0 Å². The third kappa shape index (κ3) is 1.66. The summed E-state index contributed by atoms with van der Waals surface area (Å²) < 4.78 is 4.77. The first kappa shape index (κ1) is 8.16. The Labute approximate surface area is 76.5 Å². The number of nitrogens with zero attached hydrogens (tertiary/aromatic N) is 2. The molecule has 2 rings (SSSR count). The molecule has 1 aromatic rings. The van der Waals surface area contributed by atoms with Crippen LogP contribution in [0.3, 0.4) is 0 Å². The Bertz CT molecular complexity index is 333. The number of hydrogen-bond acceptors (Lipinski definition) is 4. The minimum absolute atomic E-state index is 0.0787. The second-order valence-corrected chi connectivity index (χ2v) is 3.18. The van der Waals surface area contributed by atoms with E-state index in [1.807, 2.05) is 6.07 Å². The van der Waals surface area contributed by atoms with Crippen LogP contribution in [0.15, 0.2) is 12.3 Å². The Hall–Kier alpha value is -1.45. The van der Waals surface area contributed by atoms with Gasteiger partial charge < -0.3 is 4.74 Å². The summed E-state index contributed by atoms with van der Waals surface area (Å²) in [6, 6.07) is 1.89. The van der Waals surface area contributed by atoms with Gasteiger partial charge in [-0.3, -0.25) is 5.41 Å². The van der Waals surface area contributed by atoms with Crippen molar-refractivity contribution in [2.24, 2.45) is 0 Å². The largest absolute Gasteiger partial charge is 0.480 e. The summed E-state index contributed by atoms with van der Waals surface area (Å²) in [5.41, 5.74) is 1.69. The summed E-state index contributed by atoms with van der Waals surface area (Å²) in [4.78, 5) is 0. The molecule has 4 nitrogen and oxygen atoms in total. The zero-order valence-corrected chi connectivity index (χ0v) is 7.45. The van der Waals surface area contributed by atoms with E-state index in [0.29, 0.717) is 11.6 Å². The molecule has 1 N–H and O–H groups in total. The molecule has 0 aromatic carbocycles. The Kier molecular flexibility index (Phi) is 1.96. The predicted molar refractivity (Wildman–Crippen MR) is 47.8 cm³/mol. The van der Waals surface area contributed by atoms with E-state index in [9.17, 15) is 0 Å². The lowest BCUT2D eigenvalue weighted by atomic mass is 10.2. The van der Waals surface area contributed by atoms with Gasteiger partial charge in [-0.05, 0) is 30.4 Å². The zero-order chi connectivity index (χ0) is 9.26. The van der Waals surface area contributed by atoms with Crippen LogP contribution in [0.5, 0.6) is 0 Å². The van der Waals surface area contributed by atoms with Gasteiger partial charge in [0.2, 0.25) is 5.90 Å². The van der Waals surface area contributed by atoms with Crippen LogP contribution in [0.4, 0.5) is 0 Å². The molecule has 1 heterocycles. The summed E-state index contributed by atoms with van der Waals surface area (Å²) in [5.74, 6) is 0.717. The molecular formula is C9H11N3O. The van der Waals surface area contributed by atoms with Gasteiger partial charge in [-0.2, -0.15) is 5.10 Å². The summed E-state index contributed by atoms with van der Waals surface area (Å²) in [6.45, 7) is 0. The summed E-state index contributed by atoms with van der Waals surface area (Å²) in [5, 5.41) is 15.1. The normalized spacial score (nSPS) is 15.5. The van der Waals surface area contributed by atoms with Gasteiger partial charge in [0.15, 0.2) is 0 Å². The fourth-order valence-corrected chi connectivity index (χ4v) is 1.24. The highest BCUT2D eigenvalue weighted by Crippen LogP contribution is 2.39. The fraction of sp³-hybridized carbons (Fsp3) is 0.444. The number of nitrogens with one attached hydrogen (secondary N) is 1. The van der Waals surface area contributed by atoms with Gasteiger partial charge in [-0.25, -0.2) is 0 Å². The van der Waals surface area contributed by atoms with Crippen molar-refractivity contribution in [2.75, 3.05) is 7.11 Å². The number of rotatable bonds is 2. The maximum Gasteiger partial charge on any atom is 0.234 e. The van der Waals surface area contributed by atoms with Crippen LogP contribution < -0.4 is 0 Å². The predicted octanol–water partition coefficient (Wildman–Crippen LogP) is 1.33.